The van der Waals surface area contributed by atoms with Crippen molar-refractivity contribution < 1.29 is 14.3 Å². The summed E-state index contributed by atoms with van der Waals surface area (Å²) >= 11 is 0. The fourth-order valence-electron chi connectivity index (χ4n) is 3.13. The van der Waals surface area contributed by atoms with Crippen molar-refractivity contribution in [1.29, 1.82) is 0 Å². The van der Waals surface area contributed by atoms with Crippen molar-refractivity contribution in [2.45, 2.75) is 6.10 Å². The minimum absolute atomic E-state index is 0.246. The zero-order valence-electron chi connectivity index (χ0n) is 15.5. The summed E-state index contributed by atoms with van der Waals surface area (Å²) in [5, 5.41) is 1.02. The second kappa shape index (κ2) is 7.66. The Labute approximate surface area is 168 Å². The van der Waals surface area contributed by atoms with E-state index in [2.05, 4.69) is 10.5 Å². The maximum Gasteiger partial charge on any atom is 0.216 e. The van der Waals surface area contributed by atoms with E-state index in [-0.39, 0.29) is 6.10 Å². The van der Waals surface area contributed by atoms with E-state index in [1.807, 2.05) is 91.0 Å². The first-order chi connectivity index (χ1) is 14.3. The first-order valence-electron chi connectivity index (χ1n) is 9.32. The van der Waals surface area contributed by atoms with Crippen molar-refractivity contribution in [3.05, 3.63) is 109 Å². The molecule has 1 aliphatic rings. The van der Waals surface area contributed by atoms with Crippen LogP contribution in [0.2, 0.25) is 0 Å². The Morgan fingerprint density at radius 2 is 1.52 bits per heavy atom. The number of rotatable bonds is 5. The van der Waals surface area contributed by atoms with Gasteiger partial charge in [-0.15, -0.1) is 0 Å². The highest BCUT2D eigenvalue weighted by atomic mass is 16.7. The molecule has 0 fully saturated rings. The number of hydroxylamine groups is 1. The number of aromatic nitrogens is 1. The van der Waals surface area contributed by atoms with Gasteiger partial charge in [0, 0.05) is 11.5 Å². The molecular weight excluding hydrogens is 364 g/mol. The van der Waals surface area contributed by atoms with Crippen molar-refractivity contribution in [2.75, 3.05) is 0 Å². The van der Waals surface area contributed by atoms with Crippen LogP contribution in [0.15, 0.2) is 103 Å². The molecular formula is C24H18N2O3. The fourth-order valence-corrected chi connectivity index (χ4v) is 3.13. The summed E-state index contributed by atoms with van der Waals surface area (Å²) in [5.74, 6) is 2.77. The first-order valence-corrected chi connectivity index (χ1v) is 9.32. The van der Waals surface area contributed by atoms with Gasteiger partial charge in [-0.25, -0.2) is 5.48 Å². The Morgan fingerprint density at radius 3 is 2.38 bits per heavy atom. The molecule has 1 aromatic heterocycles. The zero-order valence-corrected chi connectivity index (χ0v) is 15.5. The first kappa shape index (κ1) is 17.3. The van der Waals surface area contributed by atoms with Crippen LogP contribution in [-0.2, 0) is 4.84 Å². The Balaban J connectivity index is 1.27. The van der Waals surface area contributed by atoms with Crippen LogP contribution in [0.25, 0.3) is 10.9 Å². The van der Waals surface area contributed by atoms with Crippen LogP contribution in [0, 0.1) is 0 Å². The molecule has 0 amide bonds. The summed E-state index contributed by atoms with van der Waals surface area (Å²) < 4.78 is 11.7. The van der Waals surface area contributed by atoms with E-state index in [0.717, 1.165) is 28.0 Å². The van der Waals surface area contributed by atoms with E-state index in [1.165, 1.54) is 0 Å². The van der Waals surface area contributed by atoms with Crippen molar-refractivity contribution in [1.82, 2.24) is 10.5 Å². The topological polar surface area (TPSA) is 52.6 Å². The van der Waals surface area contributed by atoms with Gasteiger partial charge in [-0.2, -0.15) is 0 Å². The number of hydrogen-bond donors (Lipinski definition) is 1. The molecule has 4 aromatic rings. The third kappa shape index (κ3) is 3.90. The van der Waals surface area contributed by atoms with Crippen LogP contribution in [0.1, 0.15) is 11.7 Å². The van der Waals surface area contributed by atoms with Crippen molar-refractivity contribution >= 4 is 10.9 Å². The number of benzene rings is 3. The minimum atomic E-state index is -0.246. The van der Waals surface area contributed by atoms with E-state index < -0.39 is 0 Å². The summed E-state index contributed by atoms with van der Waals surface area (Å²) in [6.45, 7) is 0. The van der Waals surface area contributed by atoms with E-state index in [4.69, 9.17) is 14.3 Å². The second-order valence-corrected chi connectivity index (χ2v) is 6.62. The smallest absolute Gasteiger partial charge is 0.216 e. The molecule has 0 saturated carbocycles. The number of nitrogens with zero attached hydrogens (tertiary/aromatic N) is 1. The van der Waals surface area contributed by atoms with Crippen LogP contribution < -0.4 is 15.0 Å². The van der Waals surface area contributed by atoms with Gasteiger partial charge in [0.05, 0.1) is 11.7 Å². The van der Waals surface area contributed by atoms with Gasteiger partial charge >= 0.3 is 0 Å². The number of pyridine rings is 1. The molecule has 5 nitrogen and oxygen atoms in total. The third-order valence-electron chi connectivity index (χ3n) is 4.57. The summed E-state index contributed by atoms with van der Waals surface area (Å²) in [6, 6.07) is 27.3. The van der Waals surface area contributed by atoms with Gasteiger partial charge in [0.25, 0.3) is 0 Å². The van der Waals surface area contributed by atoms with E-state index in [1.54, 1.807) is 6.20 Å². The summed E-state index contributed by atoms with van der Waals surface area (Å²) in [7, 11) is 0. The average molecular weight is 382 g/mol. The molecule has 142 valence electrons. The van der Waals surface area contributed by atoms with Crippen LogP contribution in [0.4, 0.5) is 0 Å². The molecule has 0 aliphatic carbocycles. The molecule has 1 atom stereocenters. The summed E-state index contributed by atoms with van der Waals surface area (Å²) in [6.07, 6.45) is 3.35. The highest BCUT2D eigenvalue weighted by Gasteiger charge is 2.20. The normalized spacial score (nSPS) is 15.6. The van der Waals surface area contributed by atoms with Crippen LogP contribution >= 0.6 is 0 Å². The molecule has 3 aromatic carbocycles. The summed E-state index contributed by atoms with van der Waals surface area (Å²) in [4.78, 5) is 10.1. The highest BCUT2D eigenvalue weighted by molar-refractivity contribution is 5.79. The van der Waals surface area contributed by atoms with Gasteiger partial charge in [-0.1, -0.05) is 48.5 Å². The lowest BCUT2D eigenvalue weighted by Gasteiger charge is -2.09. The predicted octanol–water partition coefficient (Wildman–Crippen LogP) is 5.52. The van der Waals surface area contributed by atoms with E-state index in [9.17, 15) is 0 Å². The maximum absolute atomic E-state index is 5.88. The van der Waals surface area contributed by atoms with Crippen LogP contribution in [0.3, 0.4) is 0 Å². The van der Waals surface area contributed by atoms with Crippen molar-refractivity contribution in [2.24, 2.45) is 0 Å². The van der Waals surface area contributed by atoms with Crippen molar-refractivity contribution in [3.8, 4) is 17.2 Å². The van der Waals surface area contributed by atoms with Crippen LogP contribution in [0.5, 0.6) is 17.2 Å². The lowest BCUT2D eigenvalue weighted by atomic mass is 10.1. The number of ether oxygens (including phenoxy) is 2. The largest absolute Gasteiger partial charge is 0.457 e. The SMILES string of the molecule is C1=C(Oc2cnc3ccccc3c2)NOC1c1ccc(Oc2ccccc2)cc1. The predicted molar refractivity (Wildman–Crippen MR) is 110 cm³/mol. The molecule has 2 heterocycles. The summed E-state index contributed by atoms with van der Waals surface area (Å²) in [5.41, 5.74) is 4.76. The number of hydrogen-bond acceptors (Lipinski definition) is 5. The molecule has 0 spiro atoms. The quantitative estimate of drug-likeness (QED) is 0.492. The number of nitrogens with one attached hydrogen (secondary N) is 1. The fraction of sp³-hybridized carbons (Fsp3) is 0.0417. The standard InChI is InChI=1S/C24H18N2O3/c1-2-7-19(8-3-1)27-20-12-10-17(11-13-20)23-15-24(26-29-23)28-21-14-18-6-4-5-9-22(18)25-16-21/h1-16,23,26H. The molecule has 1 unspecified atom stereocenters. The van der Waals surface area contributed by atoms with Gasteiger partial charge < -0.3 is 9.47 Å². The minimum Gasteiger partial charge on any atom is -0.457 e. The Bertz CT molecular complexity index is 1160. The van der Waals surface area contributed by atoms with Gasteiger partial charge in [-0.3, -0.25) is 9.82 Å². The zero-order chi connectivity index (χ0) is 19.5. The molecule has 0 saturated heterocycles. The van der Waals surface area contributed by atoms with E-state index >= 15 is 0 Å². The second-order valence-electron chi connectivity index (χ2n) is 6.62. The third-order valence-corrected chi connectivity index (χ3v) is 4.57. The van der Waals surface area contributed by atoms with Gasteiger partial charge in [0.2, 0.25) is 5.88 Å². The molecule has 5 heteroatoms. The lowest BCUT2D eigenvalue weighted by Crippen LogP contribution is -2.12. The van der Waals surface area contributed by atoms with Crippen LogP contribution in [-0.4, -0.2) is 4.98 Å². The Hall–Kier alpha value is -3.83. The highest BCUT2D eigenvalue weighted by Crippen LogP contribution is 2.29. The molecule has 29 heavy (non-hydrogen) atoms. The van der Waals surface area contributed by atoms with Gasteiger partial charge in [-0.05, 0) is 42.0 Å². The van der Waals surface area contributed by atoms with Gasteiger partial charge in [0.15, 0.2) is 0 Å². The molecule has 5 rings (SSSR count). The molecule has 1 N–H and O–H groups in total. The Kier molecular flexibility index (Phi) is 4.56. The molecule has 1 aliphatic heterocycles. The average Bonchev–Trinajstić information content (AvgIpc) is 3.23. The number of fused-ring (bicyclic) bond motifs is 1. The Morgan fingerprint density at radius 1 is 0.759 bits per heavy atom. The monoisotopic (exact) mass is 382 g/mol. The van der Waals surface area contributed by atoms with Gasteiger partial charge in [0.1, 0.15) is 23.4 Å². The maximum atomic E-state index is 5.88. The molecule has 0 radical (unpaired) electrons. The van der Waals surface area contributed by atoms with E-state index in [0.29, 0.717) is 11.6 Å². The number of para-hydroxylation sites is 2. The van der Waals surface area contributed by atoms with Crippen molar-refractivity contribution in [3.63, 3.8) is 0 Å². The lowest BCUT2D eigenvalue weighted by molar-refractivity contribution is 0.0273. The molecule has 0 bridgehead atoms.